The predicted octanol–water partition coefficient (Wildman–Crippen LogP) is 3.93. The van der Waals surface area contributed by atoms with E-state index in [0.717, 1.165) is 10.0 Å². The Balaban J connectivity index is 1.62. The van der Waals surface area contributed by atoms with Gasteiger partial charge in [0.25, 0.3) is 5.91 Å². The van der Waals surface area contributed by atoms with Crippen LogP contribution in [-0.4, -0.2) is 41.2 Å². The molecule has 146 valence electrons. The maximum absolute atomic E-state index is 12.6. The highest BCUT2D eigenvalue weighted by Gasteiger charge is 2.21. The van der Waals surface area contributed by atoms with Crippen LogP contribution in [0.1, 0.15) is 12.8 Å². The van der Waals surface area contributed by atoms with Gasteiger partial charge in [0.05, 0.1) is 13.7 Å². The van der Waals surface area contributed by atoms with E-state index in [0.29, 0.717) is 23.2 Å². The SMILES string of the molecule is COc1cccc(-c2noc(CN(C)C(=O)C(C)Oc3ccc(Br)cc3)n2)c1. The Morgan fingerprint density at radius 1 is 1.21 bits per heavy atom. The van der Waals surface area contributed by atoms with E-state index >= 15 is 0 Å². The molecule has 1 unspecified atom stereocenters. The quantitative estimate of drug-likeness (QED) is 0.548. The predicted molar refractivity (Wildman–Crippen MR) is 107 cm³/mol. The van der Waals surface area contributed by atoms with Crippen LogP contribution >= 0.6 is 15.9 Å². The van der Waals surface area contributed by atoms with Crippen LogP contribution in [0.2, 0.25) is 0 Å². The van der Waals surface area contributed by atoms with E-state index < -0.39 is 6.10 Å². The van der Waals surface area contributed by atoms with Crippen LogP contribution in [-0.2, 0) is 11.3 Å². The molecule has 3 rings (SSSR count). The first kappa shape index (κ1) is 19.9. The Bertz CT molecular complexity index is 943. The Morgan fingerprint density at radius 2 is 1.96 bits per heavy atom. The van der Waals surface area contributed by atoms with Crippen LogP contribution in [0.3, 0.4) is 0 Å². The summed E-state index contributed by atoms with van der Waals surface area (Å²) >= 11 is 3.37. The monoisotopic (exact) mass is 445 g/mol. The van der Waals surface area contributed by atoms with Gasteiger partial charge in [-0.2, -0.15) is 4.98 Å². The van der Waals surface area contributed by atoms with Gasteiger partial charge in [-0.3, -0.25) is 4.79 Å². The number of amides is 1. The zero-order chi connectivity index (χ0) is 20.1. The molecule has 7 nitrogen and oxygen atoms in total. The number of likely N-dealkylation sites (N-methyl/N-ethyl adjacent to an activating group) is 1. The number of benzene rings is 2. The van der Waals surface area contributed by atoms with Crippen LogP contribution in [0.4, 0.5) is 0 Å². The number of halogens is 1. The van der Waals surface area contributed by atoms with E-state index in [9.17, 15) is 4.79 Å². The first-order valence-corrected chi connectivity index (χ1v) is 9.40. The van der Waals surface area contributed by atoms with Crippen molar-refractivity contribution >= 4 is 21.8 Å². The summed E-state index contributed by atoms with van der Waals surface area (Å²) in [6, 6.07) is 14.7. The van der Waals surface area contributed by atoms with Crippen LogP contribution in [0, 0.1) is 0 Å². The number of rotatable bonds is 7. The van der Waals surface area contributed by atoms with Crippen molar-refractivity contribution in [3.05, 3.63) is 58.9 Å². The van der Waals surface area contributed by atoms with Crippen molar-refractivity contribution in [2.45, 2.75) is 19.6 Å². The van der Waals surface area contributed by atoms with Crippen molar-refractivity contribution in [3.8, 4) is 22.9 Å². The Morgan fingerprint density at radius 3 is 2.68 bits per heavy atom. The molecule has 1 aromatic heterocycles. The van der Waals surface area contributed by atoms with E-state index in [1.165, 1.54) is 4.90 Å². The largest absolute Gasteiger partial charge is 0.497 e. The summed E-state index contributed by atoms with van der Waals surface area (Å²) in [7, 11) is 3.26. The van der Waals surface area contributed by atoms with Crippen molar-refractivity contribution in [1.29, 1.82) is 0 Å². The average Bonchev–Trinajstić information content (AvgIpc) is 3.17. The van der Waals surface area contributed by atoms with Crippen molar-refractivity contribution in [3.63, 3.8) is 0 Å². The van der Waals surface area contributed by atoms with Crippen molar-refractivity contribution in [2.24, 2.45) is 0 Å². The number of hydrogen-bond donors (Lipinski definition) is 0. The molecule has 0 saturated heterocycles. The standard InChI is InChI=1S/C20H20BrN3O4/c1-13(27-16-9-7-15(21)8-10-16)20(25)24(2)12-18-22-19(23-28-18)14-5-4-6-17(11-14)26-3/h4-11,13H,12H2,1-3H3. The minimum atomic E-state index is -0.646. The molecule has 1 heterocycles. The second-order valence-corrected chi connectivity index (χ2v) is 7.07. The Labute approximate surface area is 171 Å². The van der Waals surface area contributed by atoms with Crippen molar-refractivity contribution in [1.82, 2.24) is 15.0 Å². The molecule has 0 aliphatic carbocycles. The van der Waals surface area contributed by atoms with Gasteiger partial charge in [0, 0.05) is 17.1 Å². The van der Waals surface area contributed by atoms with Gasteiger partial charge < -0.3 is 18.9 Å². The van der Waals surface area contributed by atoms with Crippen molar-refractivity contribution < 1.29 is 18.8 Å². The molecular formula is C20H20BrN3O4. The summed E-state index contributed by atoms with van der Waals surface area (Å²) < 4.78 is 17.1. The van der Waals surface area contributed by atoms with Gasteiger partial charge in [-0.1, -0.05) is 33.2 Å². The van der Waals surface area contributed by atoms with E-state index in [2.05, 4.69) is 26.1 Å². The van der Waals surface area contributed by atoms with Gasteiger partial charge >= 0.3 is 0 Å². The molecule has 0 fully saturated rings. The molecule has 1 atom stereocenters. The summed E-state index contributed by atoms with van der Waals surface area (Å²) in [4.78, 5) is 18.4. The number of aromatic nitrogens is 2. The second-order valence-electron chi connectivity index (χ2n) is 6.15. The zero-order valence-electron chi connectivity index (χ0n) is 15.8. The molecule has 2 aromatic carbocycles. The molecule has 28 heavy (non-hydrogen) atoms. The molecule has 0 bridgehead atoms. The van der Waals surface area contributed by atoms with Crippen LogP contribution in [0.5, 0.6) is 11.5 Å². The molecule has 1 amide bonds. The van der Waals surface area contributed by atoms with E-state index in [4.69, 9.17) is 14.0 Å². The molecule has 0 radical (unpaired) electrons. The summed E-state index contributed by atoms with van der Waals surface area (Å²) in [5.74, 6) is 1.91. The zero-order valence-corrected chi connectivity index (χ0v) is 17.3. The molecule has 3 aromatic rings. The topological polar surface area (TPSA) is 77.7 Å². The third kappa shape index (κ3) is 4.89. The normalized spacial score (nSPS) is 11.7. The van der Waals surface area contributed by atoms with E-state index in [1.54, 1.807) is 33.2 Å². The van der Waals surface area contributed by atoms with Crippen LogP contribution < -0.4 is 9.47 Å². The number of methoxy groups -OCH3 is 1. The fraction of sp³-hybridized carbons (Fsp3) is 0.250. The first-order valence-electron chi connectivity index (χ1n) is 8.60. The fourth-order valence-corrected chi connectivity index (χ4v) is 2.82. The lowest BCUT2D eigenvalue weighted by molar-refractivity contribution is -0.137. The number of carbonyl (C=O) groups is 1. The van der Waals surface area contributed by atoms with Gasteiger partial charge in [-0.05, 0) is 43.3 Å². The van der Waals surface area contributed by atoms with Crippen molar-refractivity contribution in [2.75, 3.05) is 14.2 Å². The highest BCUT2D eigenvalue weighted by molar-refractivity contribution is 9.10. The highest BCUT2D eigenvalue weighted by atomic mass is 79.9. The number of carbonyl (C=O) groups excluding carboxylic acids is 1. The Hall–Kier alpha value is -2.87. The molecule has 8 heteroatoms. The van der Waals surface area contributed by atoms with Gasteiger partial charge in [0.15, 0.2) is 6.10 Å². The van der Waals surface area contributed by atoms with Gasteiger partial charge in [0.2, 0.25) is 11.7 Å². The molecular weight excluding hydrogens is 426 g/mol. The van der Waals surface area contributed by atoms with E-state index in [-0.39, 0.29) is 12.5 Å². The van der Waals surface area contributed by atoms with E-state index in [1.807, 2.05) is 36.4 Å². The number of ether oxygens (including phenoxy) is 2. The average molecular weight is 446 g/mol. The molecule has 0 spiro atoms. The lowest BCUT2D eigenvalue weighted by Crippen LogP contribution is -2.37. The summed E-state index contributed by atoms with van der Waals surface area (Å²) in [6.45, 7) is 1.89. The van der Waals surface area contributed by atoms with Gasteiger partial charge in [0.1, 0.15) is 11.5 Å². The maximum atomic E-state index is 12.6. The third-order valence-corrected chi connectivity index (χ3v) is 4.55. The van der Waals surface area contributed by atoms with Gasteiger partial charge in [-0.25, -0.2) is 0 Å². The maximum Gasteiger partial charge on any atom is 0.263 e. The molecule has 0 N–H and O–H groups in total. The number of nitrogens with zero attached hydrogens (tertiary/aromatic N) is 3. The summed E-state index contributed by atoms with van der Waals surface area (Å²) in [5, 5.41) is 3.98. The van der Waals surface area contributed by atoms with Crippen LogP contribution in [0.25, 0.3) is 11.4 Å². The molecule has 0 aliphatic rings. The Kier molecular flexibility index (Phi) is 6.30. The summed E-state index contributed by atoms with van der Waals surface area (Å²) in [6.07, 6.45) is -0.646. The van der Waals surface area contributed by atoms with Crippen LogP contribution in [0.15, 0.2) is 57.5 Å². The lowest BCUT2D eigenvalue weighted by Gasteiger charge is -2.20. The summed E-state index contributed by atoms with van der Waals surface area (Å²) in [5.41, 5.74) is 0.773. The highest BCUT2D eigenvalue weighted by Crippen LogP contribution is 2.22. The van der Waals surface area contributed by atoms with Gasteiger partial charge in [-0.15, -0.1) is 0 Å². The minimum absolute atomic E-state index is 0.184. The lowest BCUT2D eigenvalue weighted by atomic mass is 10.2. The number of hydrogen-bond acceptors (Lipinski definition) is 6. The first-order chi connectivity index (χ1) is 13.5. The minimum Gasteiger partial charge on any atom is -0.497 e. The third-order valence-electron chi connectivity index (χ3n) is 4.02. The molecule has 0 saturated carbocycles. The molecule has 0 aliphatic heterocycles. The fourth-order valence-electron chi connectivity index (χ4n) is 2.56. The smallest absolute Gasteiger partial charge is 0.263 e. The second kappa shape index (κ2) is 8.88.